The van der Waals surface area contributed by atoms with Gasteiger partial charge >= 0.3 is 5.97 Å². The van der Waals surface area contributed by atoms with Crippen LogP contribution in [0.25, 0.3) is 0 Å². The molecule has 1 aliphatic carbocycles. The van der Waals surface area contributed by atoms with Crippen LogP contribution < -0.4 is 0 Å². The van der Waals surface area contributed by atoms with Gasteiger partial charge in [-0.25, -0.2) is 0 Å². The Morgan fingerprint density at radius 2 is 1.88 bits per heavy atom. The van der Waals surface area contributed by atoms with Crippen molar-refractivity contribution < 1.29 is 9.53 Å². The molecule has 1 aromatic rings. The number of carbonyl (C=O) groups is 1. The number of ether oxygens (including phenoxy) is 1. The third kappa shape index (κ3) is 1.58. The van der Waals surface area contributed by atoms with Crippen LogP contribution in [0.1, 0.15) is 37.0 Å². The number of rotatable bonds is 2. The Hall–Kier alpha value is -1.31. The number of hydrogen-bond acceptors (Lipinski definition) is 2. The number of carbonyl (C=O) groups excluding carboxylic acids is 1. The summed E-state index contributed by atoms with van der Waals surface area (Å²) in [6, 6.07) is 6.28. The first kappa shape index (κ1) is 12.2. The second-order valence-corrected chi connectivity index (χ2v) is 5.78. The standard InChI is InChI=1S/C15H20O2/c1-10-6-7-12(11(2)8-10)15(13(16)17-5)9-14(15,3)4/h6-8H,9H2,1-5H3. The molecule has 2 heteroatoms. The second kappa shape index (κ2) is 3.59. The van der Waals surface area contributed by atoms with Crippen molar-refractivity contribution in [3.05, 3.63) is 34.9 Å². The van der Waals surface area contributed by atoms with Crippen LogP contribution in [0.4, 0.5) is 0 Å². The van der Waals surface area contributed by atoms with Crippen LogP contribution in [-0.2, 0) is 14.9 Å². The van der Waals surface area contributed by atoms with E-state index in [9.17, 15) is 4.79 Å². The van der Waals surface area contributed by atoms with E-state index in [4.69, 9.17) is 4.74 Å². The molecule has 0 aliphatic heterocycles. The van der Waals surface area contributed by atoms with Crippen molar-refractivity contribution in [2.45, 2.75) is 39.5 Å². The number of aryl methyl sites for hydroxylation is 2. The maximum Gasteiger partial charge on any atom is 0.316 e. The van der Waals surface area contributed by atoms with Gasteiger partial charge in [-0.2, -0.15) is 0 Å². The first-order chi connectivity index (χ1) is 7.85. The summed E-state index contributed by atoms with van der Waals surface area (Å²) in [5, 5.41) is 0. The summed E-state index contributed by atoms with van der Waals surface area (Å²) in [6.45, 7) is 8.40. The lowest BCUT2D eigenvalue weighted by molar-refractivity contribution is -0.144. The summed E-state index contributed by atoms with van der Waals surface area (Å²) in [4.78, 5) is 12.1. The number of benzene rings is 1. The van der Waals surface area contributed by atoms with E-state index in [-0.39, 0.29) is 11.4 Å². The van der Waals surface area contributed by atoms with Crippen LogP contribution in [0.15, 0.2) is 18.2 Å². The molecule has 17 heavy (non-hydrogen) atoms. The molecule has 0 amide bonds. The van der Waals surface area contributed by atoms with E-state index < -0.39 is 5.41 Å². The molecule has 0 saturated heterocycles. The topological polar surface area (TPSA) is 26.3 Å². The zero-order valence-electron chi connectivity index (χ0n) is 11.3. The quantitative estimate of drug-likeness (QED) is 0.732. The van der Waals surface area contributed by atoms with Gasteiger partial charge < -0.3 is 4.74 Å². The van der Waals surface area contributed by atoms with Crippen molar-refractivity contribution in [3.8, 4) is 0 Å². The van der Waals surface area contributed by atoms with Crippen molar-refractivity contribution in [1.82, 2.24) is 0 Å². The zero-order chi connectivity index (χ0) is 12.8. The van der Waals surface area contributed by atoms with Gasteiger partial charge in [-0.3, -0.25) is 4.79 Å². The SMILES string of the molecule is COC(=O)C1(c2ccc(C)cc2C)CC1(C)C. The fourth-order valence-corrected chi connectivity index (χ4v) is 3.00. The highest BCUT2D eigenvalue weighted by molar-refractivity contribution is 5.89. The maximum absolute atomic E-state index is 12.1. The smallest absolute Gasteiger partial charge is 0.316 e. The fraction of sp³-hybridized carbons (Fsp3) is 0.533. The van der Waals surface area contributed by atoms with Gasteiger partial charge in [0, 0.05) is 0 Å². The molecule has 1 unspecified atom stereocenters. The van der Waals surface area contributed by atoms with Gasteiger partial charge in [0.25, 0.3) is 0 Å². The Balaban J connectivity index is 2.53. The van der Waals surface area contributed by atoms with Gasteiger partial charge in [0.05, 0.1) is 12.5 Å². The van der Waals surface area contributed by atoms with Crippen molar-refractivity contribution in [2.24, 2.45) is 5.41 Å². The lowest BCUT2D eigenvalue weighted by Gasteiger charge is -2.20. The van der Waals surface area contributed by atoms with Gasteiger partial charge in [-0.05, 0) is 36.8 Å². The lowest BCUT2D eigenvalue weighted by Crippen LogP contribution is -2.28. The van der Waals surface area contributed by atoms with Crippen LogP contribution in [0.2, 0.25) is 0 Å². The molecule has 1 aliphatic rings. The predicted molar refractivity (Wildman–Crippen MR) is 68.0 cm³/mol. The maximum atomic E-state index is 12.1. The summed E-state index contributed by atoms with van der Waals surface area (Å²) in [7, 11) is 1.47. The predicted octanol–water partition coefficient (Wildman–Crippen LogP) is 3.14. The molecule has 1 atom stereocenters. The molecule has 1 fully saturated rings. The summed E-state index contributed by atoms with van der Waals surface area (Å²) in [5.41, 5.74) is 3.10. The van der Waals surface area contributed by atoms with E-state index in [2.05, 4.69) is 45.9 Å². The average molecular weight is 232 g/mol. The molecule has 2 nitrogen and oxygen atoms in total. The minimum absolute atomic E-state index is 0.000111. The van der Waals surface area contributed by atoms with E-state index in [1.165, 1.54) is 18.2 Å². The second-order valence-electron chi connectivity index (χ2n) is 5.78. The van der Waals surface area contributed by atoms with E-state index in [0.29, 0.717) is 0 Å². The van der Waals surface area contributed by atoms with Crippen LogP contribution in [-0.4, -0.2) is 13.1 Å². The number of methoxy groups -OCH3 is 1. The van der Waals surface area contributed by atoms with Gasteiger partial charge in [0.15, 0.2) is 0 Å². The Bertz CT molecular complexity index is 474. The summed E-state index contributed by atoms with van der Waals surface area (Å²) in [5.74, 6) is -0.102. The van der Waals surface area contributed by atoms with Gasteiger partial charge in [-0.15, -0.1) is 0 Å². The Kier molecular flexibility index (Phi) is 2.57. The van der Waals surface area contributed by atoms with Crippen molar-refractivity contribution in [3.63, 3.8) is 0 Å². The highest BCUT2D eigenvalue weighted by atomic mass is 16.5. The third-order valence-electron chi connectivity index (χ3n) is 4.11. The minimum atomic E-state index is -0.431. The van der Waals surface area contributed by atoms with E-state index in [1.54, 1.807) is 0 Å². The molecule has 1 aromatic carbocycles. The normalized spacial score (nSPS) is 25.5. The van der Waals surface area contributed by atoms with Crippen LogP contribution in [0.5, 0.6) is 0 Å². The Morgan fingerprint density at radius 3 is 2.29 bits per heavy atom. The van der Waals surface area contributed by atoms with Gasteiger partial charge in [-0.1, -0.05) is 37.6 Å². The Morgan fingerprint density at radius 1 is 1.29 bits per heavy atom. The molecule has 0 bridgehead atoms. The van der Waals surface area contributed by atoms with Gasteiger partial charge in [0.1, 0.15) is 0 Å². The van der Waals surface area contributed by atoms with E-state index in [1.807, 2.05) is 0 Å². The van der Waals surface area contributed by atoms with Crippen molar-refractivity contribution in [2.75, 3.05) is 7.11 Å². The molecule has 0 heterocycles. The highest BCUT2D eigenvalue weighted by Gasteiger charge is 2.68. The summed E-state index contributed by atoms with van der Waals surface area (Å²) in [6.07, 6.45) is 0.872. The molecular formula is C15H20O2. The van der Waals surface area contributed by atoms with Crippen LogP contribution in [0, 0.1) is 19.3 Å². The molecule has 1 saturated carbocycles. The van der Waals surface area contributed by atoms with Crippen molar-refractivity contribution >= 4 is 5.97 Å². The summed E-state index contributed by atoms with van der Waals surface area (Å²) < 4.78 is 5.01. The van der Waals surface area contributed by atoms with Crippen molar-refractivity contribution in [1.29, 1.82) is 0 Å². The lowest BCUT2D eigenvalue weighted by atomic mass is 9.84. The number of hydrogen-bond donors (Lipinski definition) is 0. The van der Waals surface area contributed by atoms with E-state index >= 15 is 0 Å². The van der Waals surface area contributed by atoms with Crippen LogP contribution in [0.3, 0.4) is 0 Å². The molecule has 92 valence electrons. The molecule has 0 spiro atoms. The van der Waals surface area contributed by atoms with Gasteiger partial charge in [0.2, 0.25) is 0 Å². The minimum Gasteiger partial charge on any atom is -0.468 e. The first-order valence-corrected chi connectivity index (χ1v) is 6.01. The largest absolute Gasteiger partial charge is 0.468 e. The van der Waals surface area contributed by atoms with E-state index in [0.717, 1.165) is 12.0 Å². The fourth-order valence-electron chi connectivity index (χ4n) is 3.00. The van der Waals surface area contributed by atoms with Crippen LogP contribution >= 0.6 is 0 Å². The molecule has 0 radical (unpaired) electrons. The molecule has 0 N–H and O–H groups in total. The average Bonchev–Trinajstić information content (AvgIpc) is 2.81. The Labute approximate surface area is 103 Å². The molecule has 0 aromatic heterocycles. The molecular weight excluding hydrogens is 212 g/mol. The monoisotopic (exact) mass is 232 g/mol. The molecule has 2 rings (SSSR count). The third-order valence-corrected chi connectivity index (χ3v) is 4.11. The summed E-state index contributed by atoms with van der Waals surface area (Å²) >= 11 is 0. The first-order valence-electron chi connectivity index (χ1n) is 6.01. The highest BCUT2D eigenvalue weighted by Crippen LogP contribution is 2.65. The zero-order valence-corrected chi connectivity index (χ0v) is 11.3. The number of esters is 1.